The van der Waals surface area contributed by atoms with Crippen LogP contribution in [0.3, 0.4) is 0 Å². The number of ketones is 1. The van der Waals surface area contributed by atoms with Crippen molar-refractivity contribution in [3.05, 3.63) is 65.0 Å². The van der Waals surface area contributed by atoms with Crippen LogP contribution in [0.25, 0.3) is 0 Å². The molecule has 28 heavy (non-hydrogen) atoms. The van der Waals surface area contributed by atoms with Gasteiger partial charge in [-0.2, -0.15) is 0 Å². The molecule has 0 spiro atoms. The Bertz CT molecular complexity index is 949. The maximum absolute atomic E-state index is 13.4. The fourth-order valence-electron chi connectivity index (χ4n) is 2.33. The van der Waals surface area contributed by atoms with Gasteiger partial charge in [-0.25, -0.2) is 12.8 Å². The first kappa shape index (κ1) is 21.9. The minimum atomic E-state index is -5.05. The standard InChI is InChI=1S/C19H18F4O4S/c1-12(2)28(25,26)11-13-3-6-15(7-4-13)17(24)9-14-5-8-16(20)18(10-14)27-19(21,22)23/h3-8,10,12H,9,11H2,1-2H3. The summed E-state index contributed by atoms with van der Waals surface area (Å²) < 4.78 is 77.8. The molecule has 0 heterocycles. The molecule has 0 saturated heterocycles. The molecule has 0 aliphatic carbocycles. The molecular weight excluding hydrogens is 400 g/mol. The molecule has 2 aromatic carbocycles. The van der Waals surface area contributed by atoms with E-state index in [9.17, 15) is 30.8 Å². The third kappa shape index (κ3) is 6.05. The SMILES string of the molecule is CC(C)S(=O)(=O)Cc1ccc(C(=O)Cc2ccc(F)c(OC(F)(F)F)c2)cc1. The van der Waals surface area contributed by atoms with Crippen LogP contribution in [0.1, 0.15) is 35.3 Å². The minimum Gasteiger partial charge on any atom is -0.403 e. The maximum atomic E-state index is 13.4. The zero-order valence-corrected chi connectivity index (χ0v) is 15.9. The van der Waals surface area contributed by atoms with E-state index in [2.05, 4.69) is 4.74 Å². The van der Waals surface area contributed by atoms with E-state index in [1.54, 1.807) is 13.8 Å². The molecule has 0 saturated carbocycles. The van der Waals surface area contributed by atoms with Gasteiger partial charge in [-0.3, -0.25) is 4.79 Å². The summed E-state index contributed by atoms with van der Waals surface area (Å²) in [7, 11) is -3.28. The largest absolute Gasteiger partial charge is 0.573 e. The van der Waals surface area contributed by atoms with Gasteiger partial charge in [0.2, 0.25) is 0 Å². The summed E-state index contributed by atoms with van der Waals surface area (Å²) in [6.45, 7) is 3.15. The maximum Gasteiger partial charge on any atom is 0.573 e. The number of hydrogen-bond donors (Lipinski definition) is 0. The second kappa shape index (κ2) is 8.30. The second-order valence-electron chi connectivity index (χ2n) is 6.47. The van der Waals surface area contributed by atoms with Crippen LogP contribution in [0, 0.1) is 5.82 Å². The van der Waals surface area contributed by atoms with Crippen molar-refractivity contribution in [2.75, 3.05) is 0 Å². The molecule has 2 rings (SSSR count). The molecule has 0 radical (unpaired) electrons. The van der Waals surface area contributed by atoms with Crippen molar-refractivity contribution >= 4 is 15.6 Å². The first-order valence-electron chi connectivity index (χ1n) is 8.25. The van der Waals surface area contributed by atoms with Crippen LogP contribution in [0.15, 0.2) is 42.5 Å². The Balaban J connectivity index is 2.12. The summed E-state index contributed by atoms with van der Waals surface area (Å²) in [5.41, 5.74) is 0.929. The first-order valence-corrected chi connectivity index (χ1v) is 9.97. The highest BCUT2D eigenvalue weighted by atomic mass is 32.2. The van der Waals surface area contributed by atoms with Crippen molar-refractivity contribution in [3.63, 3.8) is 0 Å². The van der Waals surface area contributed by atoms with Gasteiger partial charge in [-0.15, -0.1) is 13.2 Å². The Labute approximate surface area is 160 Å². The molecule has 0 aliphatic heterocycles. The van der Waals surface area contributed by atoms with E-state index < -0.39 is 38.8 Å². The number of carbonyl (C=O) groups excluding carboxylic acids is 1. The first-order chi connectivity index (χ1) is 12.9. The van der Waals surface area contributed by atoms with E-state index in [4.69, 9.17) is 0 Å². The van der Waals surface area contributed by atoms with E-state index >= 15 is 0 Å². The highest BCUT2D eigenvalue weighted by molar-refractivity contribution is 7.91. The van der Waals surface area contributed by atoms with Crippen molar-refractivity contribution in [2.45, 2.75) is 37.6 Å². The van der Waals surface area contributed by atoms with Gasteiger partial charge in [0.05, 0.1) is 11.0 Å². The van der Waals surface area contributed by atoms with E-state index in [1.165, 1.54) is 30.3 Å². The fraction of sp³-hybridized carbons (Fsp3) is 0.316. The fourth-order valence-corrected chi connectivity index (χ4v) is 3.32. The number of halogens is 4. The Hall–Kier alpha value is -2.42. The number of alkyl halides is 3. The van der Waals surface area contributed by atoms with Crippen LogP contribution in [0.4, 0.5) is 17.6 Å². The Morgan fingerprint density at radius 2 is 1.61 bits per heavy atom. The quantitative estimate of drug-likeness (QED) is 0.492. The van der Waals surface area contributed by atoms with E-state index in [-0.39, 0.29) is 23.3 Å². The molecule has 0 N–H and O–H groups in total. The van der Waals surface area contributed by atoms with Crippen molar-refractivity contribution in [2.24, 2.45) is 0 Å². The number of hydrogen-bond acceptors (Lipinski definition) is 4. The van der Waals surface area contributed by atoms with Gasteiger partial charge in [-0.1, -0.05) is 30.3 Å². The summed E-state index contributed by atoms with van der Waals surface area (Å²) >= 11 is 0. The van der Waals surface area contributed by atoms with Crippen LogP contribution >= 0.6 is 0 Å². The van der Waals surface area contributed by atoms with Gasteiger partial charge < -0.3 is 4.74 Å². The predicted molar refractivity (Wildman–Crippen MR) is 95.3 cm³/mol. The Kier molecular flexibility index (Phi) is 6.48. The summed E-state index contributed by atoms with van der Waals surface area (Å²) in [5, 5.41) is -0.527. The highest BCUT2D eigenvalue weighted by Gasteiger charge is 2.32. The molecule has 2 aromatic rings. The van der Waals surface area contributed by atoms with Gasteiger partial charge in [0.15, 0.2) is 27.2 Å². The van der Waals surface area contributed by atoms with Crippen molar-refractivity contribution in [1.29, 1.82) is 0 Å². The number of Topliss-reactive ketones (excluding diaryl/α,β-unsaturated/α-hetero) is 1. The van der Waals surface area contributed by atoms with Gasteiger partial charge >= 0.3 is 6.36 Å². The number of ether oxygens (including phenoxy) is 1. The summed E-state index contributed by atoms with van der Waals surface area (Å²) in [6.07, 6.45) is -5.31. The molecule has 0 atom stereocenters. The lowest BCUT2D eigenvalue weighted by atomic mass is 10.0. The summed E-state index contributed by atoms with van der Waals surface area (Å²) in [4.78, 5) is 12.3. The topological polar surface area (TPSA) is 60.4 Å². The zero-order valence-electron chi connectivity index (χ0n) is 15.1. The molecule has 0 aromatic heterocycles. The highest BCUT2D eigenvalue weighted by Crippen LogP contribution is 2.27. The molecule has 0 aliphatic rings. The van der Waals surface area contributed by atoms with E-state index in [0.29, 0.717) is 5.56 Å². The van der Waals surface area contributed by atoms with E-state index in [0.717, 1.165) is 12.1 Å². The molecule has 0 fully saturated rings. The molecule has 4 nitrogen and oxygen atoms in total. The summed E-state index contributed by atoms with van der Waals surface area (Å²) in [6, 6.07) is 8.73. The van der Waals surface area contributed by atoms with Crippen molar-refractivity contribution in [1.82, 2.24) is 0 Å². The molecule has 0 unspecified atom stereocenters. The minimum absolute atomic E-state index is 0.150. The van der Waals surface area contributed by atoms with Crippen LogP contribution < -0.4 is 4.74 Å². The molecule has 9 heteroatoms. The van der Waals surface area contributed by atoms with Crippen LogP contribution in [-0.4, -0.2) is 25.8 Å². The zero-order chi connectivity index (χ0) is 21.1. The molecule has 152 valence electrons. The number of sulfone groups is 1. The average molecular weight is 418 g/mol. The lowest BCUT2D eigenvalue weighted by Gasteiger charge is -2.11. The van der Waals surface area contributed by atoms with Gasteiger partial charge in [0.1, 0.15) is 0 Å². The smallest absolute Gasteiger partial charge is 0.403 e. The lowest BCUT2D eigenvalue weighted by Crippen LogP contribution is -2.18. The average Bonchev–Trinajstić information content (AvgIpc) is 2.56. The second-order valence-corrected chi connectivity index (χ2v) is 9.02. The molecular formula is C19H18F4O4S. The lowest BCUT2D eigenvalue weighted by molar-refractivity contribution is -0.275. The van der Waals surface area contributed by atoms with E-state index in [1.807, 2.05) is 0 Å². The van der Waals surface area contributed by atoms with Crippen LogP contribution in [0.5, 0.6) is 5.75 Å². The normalized spacial score (nSPS) is 12.2. The van der Waals surface area contributed by atoms with Crippen molar-refractivity contribution in [3.8, 4) is 5.75 Å². The van der Waals surface area contributed by atoms with Crippen LogP contribution in [0.2, 0.25) is 0 Å². The van der Waals surface area contributed by atoms with Gasteiger partial charge in [-0.05, 0) is 37.1 Å². The van der Waals surface area contributed by atoms with Gasteiger partial charge in [0, 0.05) is 12.0 Å². The number of rotatable bonds is 7. The van der Waals surface area contributed by atoms with Crippen LogP contribution in [-0.2, 0) is 22.0 Å². The number of benzene rings is 2. The monoisotopic (exact) mass is 418 g/mol. The molecule has 0 bridgehead atoms. The Morgan fingerprint density at radius 1 is 1.04 bits per heavy atom. The van der Waals surface area contributed by atoms with Gasteiger partial charge in [0.25, 0.3) is 0 Å². The number of carbonyl (C=O) groups is 1. The third-order valence-corrected chi connectivity index (χ3v) is 6.12. The summed E-state index contributed by atoms with van der Waals surface area (Å²) in [5.74, 6) is -2.77. The van der Waals surface area contributed by atoms with Crippen molar-refractivity contribution < 1.29 is 35.5 Å². The predicted octanol–water partition coefficient (Wildman–Crippen LogP) is 4.47. The third-order valence-electron chi connectivity index (χ3n) is 3.95. The molecule has 0 amide bonds. The Morgan fingerprint density at radius 3 is 2.14 bits per heavy atom.